The Hall–Kier alpha value is -3.16. The number of nitrogens with one attached hydrogen (secondary N) is 1. The van der Waals surface area contributed by atoms with Gasteiger partial charge in [-0.3, -0.25) is 4.79 Å². The minimum atomic E-state index is -3.65. The molecule has 1 amide bonds. The van der Waals surface area contributed by atoms with Gasteiger partial charge in [0.15, 0.2) is 0 Å². The summed E-state index contributed by atoms with van der Waals surface area (Å²) in [7, 11) is -3.65. The van der Waals surface area contributed by atoms with Crippen LogP contribution >= 0.6 is 0 Å². The molecule has 0 saturated carbocycles. The number of sulfonamides is 1. The minimum Gasteiger partial charge on any atom is -0.492 e. The lowest BCUT2D eigenvalue weighted by Crippen LogP contribution is -2.32. The maximum atomic E-state index is 13.0. The van der Waals surface area contributed by atoms with Crippen LogP contribution in [-0.4, -0.2) is 31.8 Å². The number of hydrogen-bond acceptors (Lipinski definition) is 4. The first-order valence-corrected chi connectivity index (χ1v) is 11.1. The normalized spacial score (nSPS) is 14.3. The molecule has 0 unspecified atom stereocenters. The van der Waals surface area contributed by atoms with E-state index in [4.69, 9.17) is 4.74 Å². The Bertz CT molecular complexity index is 1130. The summed E-state index contributed by atoms with van der Waals surface area (Å²) < 4.78 is 33.2. The highest BCUT2D eigenvalue weighted by Gasteiger charge is 2.28. The minimum absolute atomic E-state index is 0.145. The van der Waals surface area contributed by atoms with Gasteiger partial charge in [-0.25, -0.2) is 8.42 Å². The fraction of sp³-hybridized carbons (Fsp3) is 0.174. The molecule has 7 heteroatoms. The fourth-order valence-electron chi connectivity index (χ4n) is 3.34. The molecular formula is C23H22N2O4S. The number of benzene rings is 3. The number of amides is 1. The number of rotatable bonds is 5. The third kappa shape index (κ3) is 4.37. The van der Waals surface area contributed by atoms with Gasteiger partial charge in [-0.15, -0.1) is 0 Å². The molecule has 0 fully saturated rings. The molecule has 1 heterocycles. The smallest absolute Gasteiger partial charge is 0.251 e. The van der Waals surface area contributed by atoms with Gasteiger partial charge in [-0.05, 0) is 35.9 Å². The molecule has 0 atom stereocenters. The summed E-state index contributed by atoms with van der Waals surface area (Å²) in [4.78, 5) is 12.8. The van der Waals surface area contributed by atoms with Gasteiger partial charge in [0.1, 0.15) is 12.4 Å². The topological polar surface area (TPSA) is 75.7 Å². The van der Waals surface area contributed by atoms with Gasteiger partial charge in [0.05, 0.1) is 4.90 Å². The molecule has 0 aromatic heterocycles. The summed E-state index contributed by atoms with van der Waals surface area (Å²) in [5.74, 6) is 0.378. The first kappa shape index (κ1) is 20.1. The lowest BCUT2D eigenvalue weighted by atomic mass is 10.1. The molecule has 30 heavy (non-hydrogen) atoms. The lowest BCUT2D eigenvalue weighted by Gasteiger charge is -2.19. The van der Waals surface area contributed by atoms with E-state index in [-0.39, 0.29) is 30.5 Å². The zero-order chi connectivity index (χ0) is 21.0. The average Bonchev–Trinajstić information content (AvgIpc) is 3.01. The highest BCUT2D eigenvalue weighted by molar-refractivity contribution is 7.89. The molecule has 154 valence electrons. The van der Waals surface area contributed by atoms with Crippen LogP contribution in [0.3, 0.4) is 0 Å². The van der Waals surface area contributed by atoms with Gasteiger partial charge < -0.3 is 10.1 Å². The molecule has 0 saturated heterocycles. The number of carbonyl (C=O) groups is 1. The van der Waals surface area contributed by atoms with Gasteiger partial charge in [-0.2, -0.15) is 4.31 Å². The number of ether oxygens (including phenoxy) is 1. The molecule has 1 N–H and O–H groups in total. The van der Waals surface area contributed by atoms with Gasteiger partial charge >= 0.3 is 0 Å². The van der Waals surface area contributed by atoms with Crippen LogP contribution in [0.4, 0.5) is 0 Å². The van der Waals surface area contributed by atoms with Crippen molar-refractivity contribution in [2.24, 2.45) is 0 Å². The third-order valence-corrected chi connectivity index (χ3v) is 6.80. The van der Waals surface area contributed by atoms with Gasteiger partial charge in [0.2, 0.25) is 10.0 Å². The van der Waals surface area contributed by atoms with Crippen LogP contribution in [-0.2, 0) is 23.1 Å². The van der Waals surface area contributed by atoms with E-state index in [9.17, 15) is 13.2 Å². The monoisotopic (exact) mass is 422 g/mol. The SMILES string of the molecule is O=C(NCc1ccccc1)c1ccc2c(c1)CN(S(=O)(=O)c1ccccc1)CCO2. The third-order valence-electron chi connectivity index (χ3n) is 4.94. The van der Waals surface area contributed by atoms with E-state index in [1.54, 1.807) is 48.5 Å². The summed E-state index contributed by atoms with van der Waals surface area (Å²) in [6.45, 7) is 1.05. The van der Waals surface area contributed by atoms with Gasteiger partial charge in [0.25, 0.3) is 5.91 Å². The average molecular weight is 423 g/mol. The second kappa shape index (κ2) is 8.69. The van der Waals surface area contributed by atoms with Crippen LogP contribution in [0, 0.1) is 0 Å². The lowest BCUT2D eigenvalue weighted by molar-refractivity contribution is 0.0950. The van der Waals surface area contributed by atoms with Crippen LogP contribution in [0.25, 0.3) is 0 Å². The summed E-state index contributed by atoms with van der Waals surface area (Å²) in [5.41, 5.74) is 2.13. The highest BCUT2D eigenvalue weighted by Crippen LogP contribution is 2.27. The Kier molecular flexibility index (Phi) is 5.83. The molecule has 0 spiro atoms. The van der Waals surface area contributed by atoms with Crippen molar-refractivity contribution in [2.75, 3.05) is 13.2 Å². The van der Waals surface area contributed by atoms with Crippen molar-refractivity contribution in [1.82, 2.24) is 9.62 Å². The number of hydrogen-bond donors (Lipinski definition) is 1. The number of fused-ring (bicyclic) bond motifs is 1. The van der Waals surface area contributed by atoms with Crippen molar-refractivity contribution in [3.05, 3.63) is 95.6 Å². The van der Waals surface area contributed by atoms with Crippen molar-refractivity contribution < 1.29 is 17.9 Å². The number of nitrogens with zero attached hydrogens (tertiary/aromatic N) is 1. The quantitative estimate of drug-likeness (QED) is 0.685. The predicted molar refractivity (Wildman–Crippen MR) is 114 cm³/mol. The largest absolute Gasteiger partial charge is 0.492 e. The molecule has 0 radical (unpaired) electrons. The Morgan fingerprint density at radius 1 is 0.967 bits per heavy atom. The van der Waals surface area contributed by atoms with Crippen LogP contribution < -0.4 is 10.1 Å². The van der Waals surface area contributed by atoms with Crippen LogP contribution in [0.15, 0.2) is 83.8 Å². The standard InChI is InChI=1S/C23H22N2O4S/c26-23(24-16-18-7-3-1-4-8-18)19-11-12-22-20(15-19)17-25(13-14-29-22)30(27,28)21-9-5-2-6-10-21/h1-12,15H,13-14,16-17H2,(H,24,26). The van der Waals surface area contributed by atoms with Crippen molar-refractivity contribution in [2.45, 2.75) is 18.0 Å². The van der Waals surface area contributed by atoms with Crippen molar-refractivity contribution in [1.29, 1.82) is 0 Å². The van der Waals surface area contributed by atoms with E-state index in [1.807, 2.05) is 30.3 Å². The molecule has 0 bridgehead atoms. The molecule has 6 nitrogen and oxygen atoms in total. The van der Waals surface area contributed by atoms with Crippen molar-refractivity contribution in [3.63, 3.8) is 0 Å². The molecule has 3 aromatic carbocycles. The van der Waals surface area contributed by atoms with Gasteiger partial charge in [0, 0.05) is 30.8 Å². The van der Waals surface area contributed by atoms with Crippen LogP contribution in [0.1, 0.15) is 21.5 Å². The Labute approximate surface area is 176 Å². The summed E-state index contributed by atoms with van der Waals surface area (Å²) >= 11 is 0. The molecule has 4 rings (SSSR count). The molecular weight excluding hydrogens is 400 g/mol. The molecule has 0 aliphatic carbocycles. The van der Waals surface area contributed by atoms with E-state index in [2.05, 4.69) is 5.32 Å². The van der Waals surface area contributed by atoms with Crippen LogP contribution in [0.2, 0.25) is 0 Å². The zero-order valence-corrected chi connectivity index (χ0v) is 17.1. The number of carbonyl (C=O) groups excluding carboxylic acids is 1. The van der Waals surface area contributed by atoms with E-state index >= 15 is 0 Å². The second-order valence-corrected chi connectivity index (χ2v) is 8.93. The second-order valence-electron chi connectivity index (χ2n) is 6.99. The molecule has 3 aromatic rings. The fourth-order valence-corrected chi connectivity index (χ4v) is 4.76. The van der Waals surface area contributed by atoms with E-state index in [0.717, 1.165) is 5.56 Å². The van der Waals surface area contributed by atoms with E-state index < -0.39 is 10.0 Å². The zero-order valence-electron chi connectivity index (χ0n) is 16.3. The first-order valence-electron chi connectivity index (χ1n) is 9.67. The van der Waals surface area contributed by atoms with Gasteiger partial charge in [-0.1, -0.05) is 48.5 Å². The van der Waals surface area contributed by atoms with Crippen LogP contribution in [0.5, 0.6) is 5.75 Å². The maximum absolute atomic E-state index is 13.0. The Morgan fingerprint density at radius 3 is 2.40 bits per heavy atom. The van der Waals surface area contributed by atoms with Crippen molar-refractivity contribution >= 4 is 15.9 Å². The van der Waals surface area contributed by atoms with E-state index in [1.165, 1.54) is 4.31 Å². The highest BCUT2D eigenvalue weighted by atomic mass is 32.2. The predicted octanol–water partition coefficient (Wildman–Crippen LogP) is 3.20. The summed E-state index contributed by atoms with van der Waals surface area (Å²) in [5, 5.41) is 2.89. The Balaban J connectivity index is 1.54. The van der Waals surface area contributed by atoms with Crippen molar-refractivity contribution in [3.8, 4) is 5.75 Å². The molecule has 1 aliphatic heterocycles. The summed E-state index contributed by atoms with van der Waals surface area (Å²) in [6, 6.07) is 23.1. The Morgan fingerprint density at radius 2 is 1.67 bits per heavy atom. The summed E-state index contributed by atoms with van der Waals surface area (Å²) in [6.07, 6.45) is 0. The maximum Gasteiger partial charge on any atom is 0.251 e. The molecule has 1 aliphatic rings. The van der Waals surface area contributed by atoms with E-state index in [0.29, 0.717) is 23.4 Å². The first-order chi connectivity index (χ1) is 14.5.